The Bertz CT molecular complexity index is 883. The average Bonchev–Trinajstić information content (AvgIpc) is 3.24. The minimum Gasteiger partial charge on any atom is -0.494 e. The zero-order chi connectivity index (χ0) is 20.6. The number of hydrazone groups is 1. The van der Waals surface area contributed by atoms with Crippen LogP contribution in [0.4, 0.5) is 0 Å². The number of hydrogen-bond donors (Lipinski definition) is 3. The molecule has 8 heteroatoms. The van der Waals surface area contributed by atoms with Crippen LogP contribution in [-0.4, -0.2) is 37.8 Å². The van der Waals surface area contributed by atoms with Gasteiger partial charge >= 0.3 is 5.97 Å². The summed E-state index contributed by atoms with van der Waals surface area (Å²) in [5.41, 5.74) is 10.9. The van der Waals surface area contributed by atoms with Crippen LogP contribution in [0, 0.1) is 0 Å². The molecule has 1 saturated heterocycles. The molecule has 3 rings (SSSR count). The van der Waals surface area contributed by atoms with Gasteiger partial charge in [-0.1, -0.05) is 24.3 Å². The van der Waals surface area contributed by atoms with E-state index < -0.39 is 12.0 Å². The van der Waals surface area contributed by atoms with Crippen LogP contribution in [-0.2, 0) is 9.53 Å². The van der Waals surface area contributed by atoms with Gasteiger partial charge < -0.3 is 9.47 Å². The van der Waals surface area contributed by atoms with E-state index >= 15 is 0 Å². The molecule has 1 aliphatic rings. The number of carbonyl (C=O) groups excluding carboxylic acids is 2. The number of methoxy groups -OCH3 is 1. The second kappa shape index (κ2) is 9.81. The first kappa shape index (κ1) is 20.5. The summed E-state index contributed by atoms with van der Waals surface area (Å²) in [6, 6.07) is 14.1. The molecule has 2 atom stereocenters. The second-order valence-corrected chi connectivity index (χ2v) is 6.48. The monoisotopic (exact) mass is 396 g/mol. The quantitative estimate of drug-likeness (QED) is 0.376. The van der Waals surface area contributed by atoms with E-state index in [-0.39, 0.29) is 11.9 Å². The molecule has 1 amide bonds. The number of hydrazine groups is 1. The molecule has 2 aromatic rings. The molecule has 152 valence electrons. The van der Waals surface area contributed by atoms with Crippen LogP contribution >= 0.6 is 0 Å². The summed E-state index contributed by atoms with van der Waals surface area (Å²) in [4.78, 5) is 23.8. The molecule has 0 aliphatic carbocycles. The van der Waals surface area contributed by atoms with Gasteiger partial charge in [-0.3, -0.25) is 4.79 Å². The molecule has 0 radical (unpaired) electrons. The molecule has 29 heavy (non-hydrogen) atoms. The van der Waals surface area contributed by atoms with Crippen LogP contribution in [0.2, 0.25) is 0 Å². The van der Waals surface area contributed by atoms with Crippen molar-refractivity contribution in [1.29, 1.82) is 0 Å². The third-order valence-corrected chi connectivity index (χ3v) is 4.51. The van der Waals surface area contributed by atoms with Gasteiger partial charge in [0.05, 0.1) is 25.5 Å². The lowest BCUT2D eigenvalue weighted by Gasteiger charge is -2.11. The van der Waals surface area contributed by atoms with Crippen molar-refractivity contribution >= 4 is 18.1 Å². The summed E-state index contributed by atoms with van der Waals surface area (Å²) in [5.74, 6) is 0.175. The van der Waals surface area contributed by atoms with E-state index in [1.807, 2.05) is 31.2 Å². The van der Waals surface area contributed by atoms with E-state index in [0.29, 0.717) is 18.6 Å². The van der Waals surface area contributed by atoms with Gasteiger partial charge in [0.2, 0.25) is 0 Å². The highest BCUT2D eigenvalue weighted by atomic mass is 16.5. The van der Waals surface area contributed by atoms with Crippen molar-refractivity contribution in [3.63, 3.8) is 0 Å². The van der Waals surface area contributed by atoms with Crippen molar-refractivity contribution in [3.05, 3.63) is 65.2 Å². The first-order valence-corrected chi connectivity index (χ1v) is 9.35. The van der Waals surface area contributed by atoms with E-state index in [9.17, 15) is 9.59 Å². The van der Waals surface area contributed by atoms with Crippen molar-refractivity contribution in [2.24, 2.45) is 5.10 Å². The van der Waals surface area contributed by atoms with Gasteiger partial charge in [0.25, 0.3) is 5.91 Å². The SMILES string of the molecule is CCOc1cccc(C2CC(C(=O)N/N=C/c3ccc(C(=O)OC)cc3)NN2)c1. The summed E-state index contributed by atoms with van der Waals surface area (Å²) < 4.78 is 10.2. The lowest BCUT2D eigenvalue weighted by Crippen LogP contribution is -2.41. The fourth-order valence-electron chi connectivity index (χ4n) is 3.01. The number of nitrogens with one attached hydrogen (secondary N) is 3. The molecule has 3 N–H and O–H groups in total. The Morgan fingerprint density at radius 2 is 2.00 bits per heavy atom. The van der Waals surface area contributed by atoms with Crippen molar-refractivity contribution in [1.82, 2.24) is 16.3 Å². The summed E-state index contributed by atoms with van der Waals surface area (Å²) in [6.07, 6.45) is 2.11. The Morgan fingerprint density at radius 3 is 2.72 bits per heavy atom. The van der Waals surface area contributed by atoms with E-state index in [1.54, 1.807) is 24.3 Å². The summed E-state index contributed by atoms with van der Waals surface area (Å²) in [6.45, 7) is 2.55. The largest absolute Gasteiger partial charge is 0.494 e. The Balaban J connectivity index is 1.52. The molecule has 1 aliphatic heterocycles. The molecular weight excluding hydrogens is 372 g/mol. The first-order valence-electron chi connectivity index (χ1n) is 9.35. The van der Waals surface area contributed by atoms with Gasteiger partial charge in [-0.15, -0.1) is 0 Å². The number of carbonyl (C=O) groups is 2. The third kappa shape index (κ3) is 5.40. The highest BCUT2D eigenvalue weighted by Crippen LogP contribution is 2.25. The Hall–Kier alpha value is -3.23. The van der Waals surface area contributed by atoms with Gasteiger partial charge in [-0.05, 0) is 48.7 Å². The van der Waals surface area contributed by atoms with Gasteiger partial charge in [0.1, 0.15) is 11.8 Å². The maximum absolute atomic E-state index is 12.4. The van der Waals surface area contributed by atoms with Crippen LogP contribution in [0.25, 0.3) is 0 Å². The summed E-state index contributed by atoms with van der Waals surface area (Å²) in [7, 11) is 1.33. The minimum absolute atomic E-state index is 0.000927. The topological polar surface area (TPSA) is 101 Å². The van der Waals surface area contributed by atoms with Gasteiger partial charge in [0.15, 0.2) is 0 Å². The summed E-state index contributed by atoms with van der Waals surface area (Å²) >= 11 is 0. The number of ether oxygens (including phenoxy) is 2. The molecule has 1 heterocycles. The fraction of sp³-hybridized carbons (Fsp3) is 0.286. The first-order chi connectivity index (χ1) is 14.1. The molecule has 2 unspecified atom stereocenters. The van der Waals surface area contributed by atoms with Crippen molar-refractivity contribution < 1.29 is 19.1 Å². The van der Waals surface area contributed by atoms with Crippen LogP contribution in [0.5, 0.6) is 5.75 Å². The molecule has 0 aromatic heterocycles. The highest BCUT2D eigenvalue weighted by molar-refractivity contribution is 5.91. The van der Waals surface area contributed by atoms with Gasteiger partial charge in [-0.2, -0.15) is 5.10 Å². The predicted octanol–water partition coefficient (Wildman–Crippen LogP) is 1.93. The molecule has 8 nitrogen and oxygen atoms in total. The number of benzene rings is 2. The van der Waals surface area contributed by atoms with E-state index in [1.165, 1.54) is 13.3 Å². The van der Waals surface area contributed by atoms with E-state index in [2.05, 4.69) is 26.1 Å². The number of hydrogen-bond acceptors (Lipinski definition) is 7. The van der Waals surface area contributed by atoms with Crippen molar-refractivity contribution in [2.45, 2.75) is 25.4 Å². The molecule has 0 spiro atoms. The maximum Gasteiger partial charge on any atom is 0.337 e. The highest BCUT2D eigenvalue weighted by Gasteiger charge is 2.30. The average molecular weight is 396 g/mol. The number of amides is 1. The summed E-state index contributed by atoms with van der Waals surface area (Å²) in [5, 5.41) is 3.99. The van der Waals surface area contributed by atoms with Crippen LogP contribution in [0.15, 0.2) is 53.6 Å². The normalized spacial score (nSPS) is 18.6. The van der Waals surface area contributed by atoms with Gasteiger partial charge in [0, 0.05) is 6.04 Å². The van der Waals surface area contributed by atoms with Crippen LogP contribution < -0.4 is 21.0 Å². The smallest absolute Gasteiger partial charge is 0.337 e. The third-order valence-electron chi connectivity index (χ3n) is 4.51. The molecule has 0 saturated carbocycles. The Morgan fingerprint density at radius 1 is 1.21 bits per heavy atom. The lowest BCUT2D eigenvalue weighted by molar-refractivity contribution is -0.122. The Labute approximate surface area is 169 Å². The number of esters is 1. The van der Waals surface area contributed by atoms with Crippen LogP contribution in [0.3, 0.4) is 0 Å². The van der Waals surface area contributed by atoms with Crippen LogP contribution in [0.1, 0.15) is 40.9 Å². The van der Waals surface area contributed by atoms with E-state index in [0.717, 1.165) is 16.9 Å². The molecule has 0 bridgehead atoms. The standard InChI is InChI=1S/C21H24N4O4/c1-3-29-17-6-4-5-16(11-17)18-12-19(24-23-18)20(26)25-22-13-14-7-9-15(10-8-14)21(27)28-2/h4-11,13,18-19,23-24H,3,12H2,1-2H3,(H,25,26)/b22-13+. The minimum atomic E-state index is -0.408. The zero-order valence-corrected chi connectivity index (χ0v) is 16.3. The van der Waals surface area contributed by atoms with E-state index in [4.69, 9.17) is 4.74 Å². The Kier molecular flexibility index (Phi) is 6.94. The maximum atomic E-state index is 12.4. The number of nitrogens with zero attached hydrogens (tertiary/aromatic N) is 1. The molecular formula is C21H24N4O4. The predicted molar refractivity (Wildman–Crippen MR) is 109 cm³/mol. The molecule has 2 aromatic carbocycles. The number of rotatable bonds is 7. The second-order valence-electron chi connectivity index (χ2n) is 6.48. The van der Waals surface area contributed by atoms with Crippen molar-refractivity contribution in [3.8, 4) is 5.75 Å². The van der Waals surface area contributed by atoms with Gasteiger partial charge in [-0.25, -0.2) is 21.1 Å². The fourth-order valence-corrected chi connectivity index (χ4v) is 3.01. The molecule has 1 fully saturated rings. The zero-order valence-electron chi connectivity index (χ0n) is 16.3. The van der Waals surface area contributed by atoms with Crippen molar-refractivity contribution in [2.75, 3.05) is 13.7 Å². The lowest BCUT2D eigenvalue weighted by atomic mass is 10.0.